The molecule has 24 heavy (non-hydrogen) atoms. The predicted octanol–water partition coefficient (Wildman–Crippen LogP) is 4.30. The molecule has 1 aliphatic carbocycles. The lowest BCUT2D eigenvalue weighted by Gasteiger charge is -2.23. The molecule has 0 spiro atoms. The molecule has 0 saturated carbocycles. The Morgan fingerprint density at radius 1 is 1.21 bits per heavy atom. The minimum absolute atomic E-state index is 0.347. The van der Waals surface area contributed by atoms with Crippen molar-refractivity contribution in [2.24, 2.45) is 0 Å². The van der Waals surface area contributed by atoms with Crippen LogP contribution in [0.4, 0.5) is 5.82 Å². The number of thiophene rings is 1. The van der Waals surface area contributed by atoms with E-state index < -0.39 is 0 Å². The van der Waals surface area contributed by atoms with E-state index >= 15 is 0 Å². The van der Waals surface area contributed by atoms with Crippen molar-refractivity contribution < 1.29 is 0 Å². The molecule has 3 aromatic heterocycles. The SMILES string of the molecule is CCN(CCc1ccncc1)c1nc(Cl)nc2sc3c(c12)CCC3. The Hall–Kier alpha value is -1.72. The molecule has 3 aromatic rings. The summed E-state index contributed by atoms with van der Waals surface area (Å²) in [6, 6.07) is 4.14. The van der Waals surface area contributed by atoms with Crippen molar-refractivity contribution in [1.82, 2.24) is 15.0 Å². The topological polar surface area (TPSA) is 41.9 Å². The van der Waals surface area contributed by atoms with E-state index in [9.17, 15) is 0 Å². The van der Waals surface area contributed by atoms with Gasteiger partial charge in [-0.15, -0.1) is 11.3 Å². The van der Waals surface area contributed by atoms with Crippen molar-refractivity contribution in [3.05, 3.63) is 45.8 Å². The number of pyridine rings is 1. The van der Waals surface area contributed by atoms with Crippen molar-refractivity contribution in [1.29, 1.82) is 0 Å². The van der Waals surface area contributed by atoms with E-state index in [1.54, 1.807) is 11.3 Å². The van der Waals surface area contributed by atoms with Crippen molar-refractivity contribution >= 4 is 39.0 Å². The standard InChI is InChI=1S/C18H19ClN4S/c1-2-23(11-8-12-6-9-20-10-7-12)16-15-13-4-3-5-14(13)24-17(15)22-18(19)21-16/h6-7,9-10H,2-5,8,11H2,1H3. The van der Waals surface area contributed by atoms with Crippen LogP contribution < -0.4 is 4.90 Å². The number of likely N-dealkylation sites (N-methyl/N-ethyl adjacent to an activating group) is 1. The zero-order valence-corrected chi connectivity index (χ0v) is 15.2. The summed E-state index contributed by atoms with van der Waals surface area (Å²) in [6.45, 7) is 3.98. The second-order valence-electron chi connectivity index (χ2n) is 6.04. The summed E-state index contributed by atoms with van der Waals surface area (Å²) in [7, 11) is 0. The molecular formula is C18H19ClN4S. The first-order valence-electron chi connectivity index (χ1n) is 8.38. The monoisotopic (exact) mass is 358 g/mol. The number of nitrogens with zero attached hydrogens (tertiary/aromatic N) is 4. The third kappa shape index (κ3) is 2.87. The van der Waals surface area contributed by atoms with E-state index in [2.05, 4.69) is 38.9 Å². The van der Waals surface area contributed by atoms with E-state index in [0.717, 1.165) is 43.0 Å². The van der Waals surface area contributed by atoms with Crippen LogP contribution >= 0.6 is 22.9 Å². The fraction of sp³-hybridized carbons (Fsp3) is 0.389. The molecule has 0 aromatic carbocycles. The van der Waals surface area contributed by atoms with Crippen LogP contribution in [0, 0.1) is 0 Å². The largest absolute Gasteiger partial charge is 0.356 e. The van der Waals surface area contributed by atoms with Gasteiger partial charge in [0.05, 0.1) is 5.39 Å². The van der Waals surface area contributed by atoms with E-state index in [0.29, 0.717) is 5.28 Å². The molecule has 4 nitrogen and oxygen atoms in total. The van der Waals surface area contributed by atoms with Gasteiger partial charge in [-0.3, -0.25) is 4.98 Å². The van der Waals surface area contributed by atoms with Gasteiger partial charge in [0.25, 0.3) is 0 Å². The van der Waals surface area contributed by atoms with E-state index in [1.165, 1.54) is 27.8 Å². The first-order valence-corrected chi connectivity index (χ1v) is 9.57. The van der Waals surface area contributed by atoms with Gasteiger partial charge < -0.3 is 4.90 Å². The smallest absolute Gasteiger partial charge is 0.225 e. The Morgan fingerprint density at radius 3 is 2.83 bits per heavy atom. The quantitative estimate of drug-likeness (QED) is 0.638. The second-order valence-corrected chi connectivity index (χ2v) is 7.46. The van der Waals surface area contributed by atoms with Gasteiger partial charge in [0.15, 0.2) is 0 Å². The summed E-state index contributed by atoms with van der Waals surface area (Å²) < 4.78 is 0. The van der Waals surface area contributed by atoms with Gasteiger partial charge in [-0.25, -0.2) is 4.98 Å². The molecule has 0 unspecified atom stereocenters. The summed E-state index contributed by atoms with van der Waals surface area (Å²) in [5, 5.41) is 1.58. The molecule has 6 heteroatoms. The van der Waals surface area contributed by atoms with Gasteiger partial charge in [-0.05, 0) is 67.5 Å². The lowest BCUT2D eigenvalue weighted by molar-refractivity contribution is 0.795. The summed E-state index contributed by atoms with van der Waals surface area (Å²) in [6.07, 6.45) is 8.19. The number of anilines is 1. The van der Waals surface area contributed by atoms with Crippen molar-refractivity contribution in [2.75, 3.05) is 18.0 Å². The number of aryl methyl sites for hydroxylation is 2. The molecule has 124 valence electrons. The summed E-state index contributed by atoms with van der Waals surface area (Å²) in [5.74, 6) is 1.00. The Morgan fingerprint density at radius 2 is 2.04 bits per heavy atom. The molecule has 0 fully saturated rings. The van der Waals surface area contributed by atoms with Crippen molar-refractivity contribution in [3.63, 3.8) is 0 Å². The minimum Gasteiger partial charge on any atom is -0.356 e. The van der Waals surface area contributed by atoms with E-state index in [1.807, 2.05) is 12.4 Å². The second kappa shape index (κ2) is 6.65. The van der Waals surface area contributed by atoms with Gasteiger partial charge in [-0.1, -0.05) is 0 Å². The molecule has 0 radical (unpaired) electrons. The van der Waals surface area contributed by atoms with E-state index in [-0.39, 0.29) is 0 Å². The number of hydrogen-bond acceptors (Lipinski definition) is 5. The molecule has 0 atom stereocenters. The number of halogens is 1. The van der Waals surface area contributed by atoms with Crippen LogP contribution in [-0.4, -0.2) is 28.0 Å². The fourth-order valence-corrected chi connectivity index (χ4v) is 4.88. The first kappa shape index (κ1) is 15.8. The lowest BCUT2D eigenvalue weighted by atomic mass is 10.1. The number of rotatable bonds is 5. The van der Waals surface area contributed by atoms with Crippen molar-refractivity contribution in [3.8, 4) is 0 Å². The molecule has 0 saturated heterocycles. The maximum Gasteiger partial charge on any atom is 0.225 e. The predicted molar refractivity (Wildman–Crippen MR) is 100 cm³/mol. The van der Waals surface area contributed by atoms with Crippen LogP contribution in [0.2, 0.25) is 5.28 Å². The molecule has 3 heterocycles. The van der Waals surface area contributed by atoms with Crippen LogP contribution in [0.1, 0.15) is 29.3 Å². The number of aromatic nitrogens is 3. The summed E-state index contributed by atoms with van der Waals surface area (Å²) in [4.78, 5) is 18.0. The van der Waals surface area contributed by atoms with Crippen LogP contribution in [-0.2, 0) is 19.3 Å². The minimum atomic E-state index is 0.347. The Balaban J connectivity index is 1.70. The number of hydrogen-bond donors (Lipinski definition) is 0. The highest BCUT2D eigenvalue weighted by molar-refractivity contribution is 7.19. The zero-order valence-electron chi connectivity index (χ0n) is 13.6. The van der Waals surface area contributed by atoms with Gasteiger partial charge in [0, 0.05) is 30.4 Å². The summed E-state index contributed by atoms with van der Waals surface area (Å²) >= 11 is 8.00. The molecule has 4 rings (SSSR count). The van der Waals surface area contributed by atoms with Gasteiger partial charge in [-0.2, -0.15) is 4.98 Å². The third-order valence-corrected chi connectivity index (χ3v) is 5.97. The molecule has 1 aliphatic rings. The van der Waals surface area contributed by atoms with Gasteiger partial charge in [0.2, 0.25) is 5.28 Å². The highest BCUT2D eigenvalue weighted by atomic mass is 35.5. The average molecular weight is 359 g/mol. The van der Waals surface area contributed by atoms with Gasteiger partial charge >= 0.3 is 0 Å². The Kier molecular flexibility index (Phi) is 4.37. The lowest BCUT2D eigenvalue weighted by Crippen LogP contribution is -2.26. The maximum absolute atomic E-state index is 6.21. The van der Waals surface area contributed by atoms with Crippen LogP contribution in [0.15, 0.2) is 24.5 Å². The van der Waals surface area contributed by atoms with E-state index in [4.69, 9.17) is 11.6 Å². The first-order chi connectivity index (χ1) is 11.8. The van der Waals surface area contributed by atoms with Crippen molar-refractivity contribution in [2.45, 2.75) is 32.6 Å². The molecular weight excluding hydrogens is 340 g/mol. The molecule has 0 bridgehead atoms. The Labute approximate surface area is 150 Å². The highest BCUT2D eigenvalue weighted by Crippen LogP contribution is 2.41. The molecule has 0 N–H and O–H groups in total. The summed E-state index contributed by atoms with van der Waals surface area (Å²) in [5.41, 5.74) is 2.74. The van der Waals surface area contributed by atoms with Gasteiger partial charge in [0.1, 0.15) is 10.6 Å². The van der Waals surface area contributed by atoms with Crippen LogP contribution in [0.5, 0.6) is 0 Å². The highest BCUT2D eigenvalue weighted by Gasteiger charge is 2.24. The molecule has 0 amide bonds. The van der Waals surface area contributed by atoms with Crippen LogP contribution in [0.25, 0.3) is 10.2 Å². The fourth-order valence-electron chi connectivity index (χ4n) is 3.41. The third-order valence-electron chi connectivity index (χ3n) is 4.62. The zero-order chi connectivity index (χ0) is 16.5. The van der Waals surface area contributed by atoms with Crippen LogP contribution in [0.3, 0.4) is 0 Å². The molecule has 0 aliphatic heterocycles. The normalized spacial score (nSPS) is 13.4. The number of fused-ring (bicyclic) bond motifs is 3. The average Bonchev–Trinajstić information content (AvgIpc) is 3.16. The maximum atomic E-state index is 6.21. The Bertz CT molecular complexity index is 862.